The SMILES string of the molecule is C=CCN[C@@H]1C[C@@H]2CC[C@@]1(C)C2(C)C. The summed E-state index contributed by atoms with van der Waals surface area (Å²) in [6.45, 7) is 12.1. The Morgan fingerprint density at radius 2 is 2.14 bits per heavy atom. The molecule has 2 rings (SSSR count). The van der Waals surface area contributed by atoms with Gasteiger partial charge >= 0.3 is 0 Å². The van der Waals surface area contributed by atoms with Crippen molar-refractivity contribution in [2.75, 3.05) is 6.54 Å². The minimum atomic E-state index is 0.515. The molecule has 0 amide bonds. The average molecular weight is 193 g/mol. The van der Waals surface area contributed by atoms with Crippen LogP contribution in [-0.4, -0.2) is 12.6 Å². The zero-order valence-corrected chi connectivity index (χ0v) is 9.77. The fraction of sp³-hybridized carbons (Fsp3) is 0.846. The summed E-state index contributed by atoms with van der Waals surface area (Å²) in [7, 11) is 0. The Labute approximate surface area is 88.0 Å². The molecule has 1 N–H and O–H groups in total. The van der Waals surface area contributed by atoms with Crippen molar-refractivity contribution in [1.29, 1.82) is 0 Å². The number of hydrogen-bond acceptors (Lipinski definition) is 1. The first-order valence-electron chi connectivity index (χ1n) is 5.86. The topological polar surface area (TPSA) is 12.0 Å². The minimum absolute atomic E-state index is 0.515. The van der Waals surface area contributed by atoms with Crippen molar-refractivity contribution in [2.45, 2.75) is 46.1 Å². The van der Waals surface area contributed by atoms with Gasteiger partial charge in [0, 0.05) is 12.6 Å². The van der Waals surface area contributed by atoms with Crippen LogP contribution in [0.15, 0.2) is 12.7 Å². The lowest BCUT2D eigenvalue weighted by atomic mass is 9.69. The summed E-state index contributed by atoms with van der Waals surface area (Å²) in [5, 5.41) is 3.64. The highest BCUT2D eigenvalue weighted by atomic mass is 15.0. The second-order valence-electron chi connectivity index (χ2n) is 5.86. The molecule has 0 saturated heterocycles. The van der Waals surface area contributed by atoms with E-state index in [1.165, 1.54) is 19.3 Å². The van der Waals surface area contributed by atoms with Crippen LogP contribution in [0, 0.1) is 16.7 Å². The van der Waals surface area contributed by atoms with E-state index in [1.54, 1.807) is 0 Å². The Hall–Kier alpha value is -0.300. The summed E-state index contributed by atoms with van der Waals surface area (Å²) in [5.41, 5.74) is 1.05. The normalized spacial score (nSPS) is 44.2. The van der Waals surface area contributed by atoms with Gasteiger partial charge in [0.2, 0.25) is 0 Å². The first-order valence-corrected chi connectivity index (χ1v) is 5.86. The van der Waals surface area contributed by atoms with Crippen molar-refractivity contribution in [2.24, 2.45) is 16.7 Å². The van der Waals surface area contributed by atoms with Crippen molar-refractivity contribution >= 4 is 0 Å². The van der Waals surface area contributed by atoms with Crippen molar-refractivity contribution in [3.8, 4) is 0 Å². The number of rotatable bonds is 3. The highest BCUT2D eigenvalue weighted by molar-refractivity contribution is 5.13. The predicted molar refractivity (Wildman–Crippen MR) is 61.2 cm³/mol. The standard InChI is InChI=1S/C13H23N/c1-5-8-14-11-9-10-6-7-13(11,4)12(10,2)3/h5,10-11,14H,1,6-9H2,2-4H3/t10-,11+,13+/m0/s1. The molecule has 0 aliphatic heterocycles. The van der Waals surface area contributed by atoms with Gasteiger partial charge in [-0.05, 0) is 36.0 Å². The van der Waals surface area contributed by atoms with E-state index < -0.39 is 0 Å². The lowest BCUT2D eigenvalue weighted by Gasteiger charge is -2.39. The third-order valence-electron chi connectivity index (χ3n) is 5.30. The highest BCUT2D eigenvalue weighted by Gasteiger charge is 2.60. The highest BCUT2D eigenvalue weighted by Crippen LogP contribution is 2.65. The van der Waals surface area contributed by atoms with Gasteiger partial charge < -0.3 is 5.32 Å². The third kappa shape index (κ3) is 1.11. The van der Waals surface area contributed by atoms with Gasteiger partial charge in [-0.25, -0.2) is 0 Å². The summed E-state index contributed by atoms with van der Waals surface area (Å²) < 4.78 is 0. The van der Waals surface area contributed by atoms with Crippen LogP contribution in [0.4, 0.5) is 0 Å². The van der Waals surface area contributed by atoms with Crippen molar-refractivity contribution in [3.63, 3.8) is 0 Å². The van der Waals surface area contributed by atoms with E-state index in [0.29, 0.717) is 16.9 Å². The molecule has 0 aromatic carbocycles. The second kappa shape index (κ2) is 3.10. The van der Waals surface area contributed by atoms with Crippen LogP contribution in [0.1, 0.15) is 40.0 Å². The maximum atomic E-state index is 3.78. The molecule has 14 heavy (non-hydrogen) atoms. The van der Waals surface area contributed by atoms with E-state index in [9.17, 15) is 0 Å². The number of nitrogens with one attached hydrogen (secondary N) is 1. The van der Waals surface area contributed by atoms with E-state index in [0.717, 1.165) is 12.5 Å². The molecule has 2 aliphatic carbocycles. The van der Waals surface area contributed by atoms with Crippen molar-refractivity contribution < 1.29 is 0 Å². The maximum absolute atomic E-state index is 3.78. The molecule has 1 heteroatoms. The van der Waals surface area contributed by atoms with E-state index in [-0.39, 0.29) is 0 Å². The Morgan fingerprint density at radius 3 is 2.57 bits per heavy atom. The van der Waals surface area contributed by atoms with E-state index in [4.69, 9.17) is 0 Å². The molecule has 0 unspecified atom stereocenters. The summed E-state index contributed by atoms with van der Waals surface area (Å²) in [4.78, 5) is 0. The zero-order valence-electron chi connectivity index (χ0n) is 9.77. The van der Waals surface area contributed by atoms with E-state index in [1.807, 2.05) is 6.08 Å². The van der Waals surface area contributed by atoms with Gasteiger partial charge in [-0.1, -0.05) is 26.8 Å². The largest absolute Gasteiger partial charge is 0.310 e. The molecule has 2 saturated carbocycles. The minimum Gasteiger partial charge on any atom is -0.310 e. The third-order valence-corrected chi connectivity index (χ3v) is 5.30. The Balaban J connectivity index is 2.14. The molecule has 80 valence electrons. The Bertz CT molecular complexity index is 244. The Morgan fingerprint density at radius 1 is 1.43 bits per heavy atom. The lowest BCUT2D eigenvalue weighted by Crippen LogP contribution is -2.44. The van der Waals surface area contributed by atoms with E-state index in [2.05, 4.69) is 32.7 Å². The van der Waals surface area contributed by atoms with Crippen LogP contribution in [0.5, 0.6) is 0 Å². The molecule has 3 atom stereocenters. The molecule has 2 aliphatic rings. The number of fused-ring (bicyclic) bond motifs is 2. The van der Waals surface area contributed by atoms with Gasteiger partial charge in [-0.3, -0.25) is 0 Å². The quantitative estimate of drug-likeness (QED) is 0.679. The zero-order chi connectivity index (χ0) is 10.4. The average Bonchev–Trinajstić information content (AvgIpc) is 2.46. The van der Waals surface area contributed by atoms with Crippen molar-refractivity contribution in [3.05, 3.63) is 12.7 Å². The first kappa shape index (κ1) is 10.2. The summed E-state index contributed by atoms with van der Waals surface area (Å²) in [6, 6.07) is 0.717. The van der Waals surface area contributed by atoms with Gasteiger partial charge in [0.25, 0.3) is 0 Å². The van der Waals surface area contributed by atoms with Crippen LogP contribution in [0.2, 0.25) is 0 Å². The van der Waals surface area contributed by atoms with Crippen LogP contribution in [-0.2, 0) is 0 Å². The first-order chi connectivity index (χ1) is 6.52. The molecule has 0 radical (unpaired) electrons. The molecular formula is C13H23N. The summed E-state index contributed by atoms with van der Waals surface area (Å²) in [6.07, 6.45) is 6.19. The van der Waals surface area contributed by atoms with Gasteiger partial charge in [0.1, 0.15) is 0 Å². The van der Waals surface area contributed by atoms with Crippen LogP contribution < -0.4 is 5.32 Å². The molecule has 0 heterocycles. The van der Waals surface area contributed by atoms with Gasteiger partial charge in [0.05, 0.1) is 0 Å². The molecule has 2 bridgehead atoms. The molecule has 0 aromatic heterocycles. The second-order valence-corrected chi connectivity index (χ2v) is 5.86. The smallest absolute Gasteiger partial charge is 0.0135 e. The molecule has 1 nitrogen and oxygen atoms in total. The number of hydrogen-bond donors (Lipinski definition) is 1. The van der Waals surface area contributed by atoms with Crippen molar-refractivity contribution in [1.82, 2.24) is 5.32 Å². The lowest BCUT2D eigenvalue weighted by molar-refractivity contribution is 0.123. The molecule has 2 fully saturated rings. The van der Waals surface area contributed by atoms with Gasteiger partial charge in [-0.2, -0.15) is 0 Å². The Kier molecular flexibility index (Phi) is 2.26. The fourth-order valence-electron chi connectivity index (χ4n) is 3.74. The van der Waals surface area contributed by atoms with Crippen LogP contribution >= 0.6 is 0 Å². The van der Waals surface area contributed by atoms with Crippen LogP contribution in [0.25, 0.3) is 0 Å². The molecule has 0 spiro atoms. The summed E-state index contributed by atoms with van der Waals surface area (Å²) >= 11 is 0. The van der Waals surface area contributed by atoms with Gasteiger partial charge in [0.15, 0.2) is 0 Å². The predicted octanol–water partition coefficient (Wildman–Crippen LogP) is 2.98. The maximum Gasteiger partial charge on any atom is 0.0135 e. The fourth-order valence-corrected chi connectivity index (χ4v) is 3.74. The van der Waals surface area contributed by atoms with Gasteiger partial charge in [-0.15, -0.1) is 6.58 Å². The summed E-state index contributed by atoms with van der Waals surface area (Å²) in [5.74, 6) is 0.940. The van der Waals surface area contributed by atoms with Crippen LogP contribution in [0.3, 0.4) is 0 Å². The molecule has 0 aromatic rings. The van der Waals surface area contributed by atoms with E-state index >= 15 is 0 Å². The monoisotopic (exact) mass is 193 g/mol. The molecular weight excluding hydrogens is 170 g/mol.